The minimum atomic E-state index is -4.39. The molecule has 0 aliphatic carbocycles. The summed E-state index contributed by atoms with van der Waals surface area (Å²) in [5.74, 6) is -0.257. The number of amides is 1. The van der Waals surface area contributed by atoms with E-state index in [1.807, 2.05) is 18.2 Å². The van der Waals surface area contributed by atoms with Gasteiger partial charge in [-0.2, -0.15) is 13.2 Å². The van der Waals surface area contributed by atoms with E-state index in [0.29, 0.717) is 30.8 Å². The number of carbonyl (C=O) groups excluding carboxylic acids is 1. The van der Waals surface area contributed by atoms with Crippen LogP contribution < -0.4 is 5.32 Å². The van der Waals surface area contributed by atoms with E-state index in [9.17, 15) is 26.4 Å². The lowest BCUT2D eigenvalue weighted by molar-refractivity contribution is -0.137. The molecule has 5 nitrogen and oxygen atoms in total. The van der Waals surface area contributed by atoms with E-state index in [2.05, 4.69) is 5.32 Å². The van der Waals surface area contributed by atoms with Crippen LogP contribution in [0.2, 0.25) is 0 Å². The van der Waals surface area contributed by atoms with Crippen molar-refractivity contribution in [2.75, 3.05) is 18.1 Å². The summed E-state index contributed by atoms with van der Waals surface area (Å²) in [5.41, 5.74) is 2.82. The number of benzene rings is 3. The van der Waals surface area contributed by atoms with E-state index >= 15 is 0 Å². The fraction of sp³-hybridized carbons (Fsp3) is 0.208. The number of nitrogens with zero attached hydrogens (tertiary/aromatic N) is 1. The fourth-order valence-corrected chi connectivity index (χ4v) is 4.51. The molecule has 0 atom stereocenters. The summed E-state index contributed by atoms with van der Waals surface area (Å²) >= 11 is 0. The van der Waals surface area contributed by atoms with Crippen LogP contribution in [-0.2, 0) is 29.0 Å². The van der Waals surface area contributed by atoms with Crippen molar-refractivity contribution < 1.29 is 26.4 Å². The highest BCUT2D eigenvalue weighted by Gasteiger charge is 2.30. The molecule has 1 N–H and O–H groups in total. The van der Waals surface area contributed by atoms with Gasteiger partial charge in [0.25, 0.3) is 5.91 Å². The van der Waals surface area contributed by atoms with E-state index in [1.165, 1.54) is 24.3 Å². The van der Waals surface area contributed by atoms with Crippen LogP contribution >= 0.6 is 0 Å². The molecule has 172 valence electrons. The number of carbonyl (C=O) groups is 1. The Kier molecular flexibility index (Phi) is 5.92. The Labute approximate surface area is 189 Å². The monoisotopic (exact) mass is 474 g/mol. The molecule has 3 aromatic rings. The molecule has 0 bridgehead atoms. The maximum Gasteiger partial charge on any atom is 0.416 e. The molecule has 0 spiro atoms. The number of rotatable bonds is 4. The number of alkyl halides is 3. The summed E-state index contributed by atoms with van der Waals surface area (Å²) in [5, 5.41) is 3.17. The molecular formula is C24H21F3N2O3S. The maximum atomic E-state index is 13.0. The van der Waals surface area contributed by atoms with E-state index in [1.54, 1.807) is 17.0 Å². The Morgan fingerprint density at radius 3 is 2.36 bits per heavy atom. The van der Waals surface area contributed by atoms with Gasteiger partial charge in [-0.05, 0) is 66.1 Å². The molecule has 0 saturated heterocycles. The van der Waals surface area contributed by atoms with Gasteiger partial charge in [0.1, 0.15) is 0 Å². The molecule has 0 saturated carbocycles. The molecule has 1 heterocycles. The summed E-state index contributed by atoms with van der Waals surface area (Å²) in [7, 11) is -3.43. The van der Waals surface area contributed by atoms with Crippen molar-refractivity contribution in [3.8, 4) is 0 Å². The van der Waals surface area contributed by atoms with Gasteiger partial charge in [0.2, 0.25) is 0 Å². The van der Waals surface area contributed by atoms with Gasteiger partial charge in [-0.3, -0.25) is 4.79 Å². The van der Waals surface area contributed by atoms with Gasteiger partial charge in [0.05, 0.1) is 10.5 Å². The third kappa shape index (κ3) is 5.03. The molecule has 1 aliphatic heterocycles. The minimum Gasteiger partial charge on any atom is -0.355 e. The number of nitrogens with one attached hydrogen (secondary N) is 1. The average Bonchev–Trinajstić information content (AvgIpc) is 2.78. The Morgan fingerprint density at radius 1 is 1.00 bits per heavy atom. The van der Waals surface area contributed by atoms with Crippen LogP contribution in [-0.4, -0.2) is 32.0 Å². The lowest BCUT2D eigenvalue weighted by Gasteiger charge is -2.30. The molecule has 1 aliphatic rings. The smallest absolute Gasteiger partial charge is 0.355 e. The molecule has 1 amide bonds. The van der Waals surface area contributed by atoms with E-state index < -0.39 is 21.6 Å². The van der Waals surface area contributed by atoms with Gasteiger partial charge >= 0.3 is 6.18 Å². The number of anilines is 2. The molecule has 0 unspecified atom stereocenters. The third-order valence-electron chi connectivity index (χ3n) is 5.55. The Bertz CT molecular complexity index is 1300. The van der Waals surface area contributed by atoms with Crippen LogP contribution in [0.5, 0.6) is 0 Å². The molecule has 0 aromatic heterocycles. The number of fused-ring (bicyclic) bond motifs is 1. The standard InChI is InChI=1S/C24H21F3N2O3S/c1-33(31,32)20-6-2-4-16(14-20)23(30)29-13-12-21-17(15-29)5-3-7-22(21)28-19-10-8-18(9-11-19)24(25,26)27/h2-11,14,28H,12-13,15H2,1H3. The van der Waals surface area contributed by atoms with Gasteiger partial charge in [-0.25, -0.2) is 8.42 Å². The van der Waals surface area contributed by atoms with Crippen LogP contribution in [0.3, 0.4) is 0 Å². The van der Waals surface area contributed by atoms with Crippen molar-refractivity contribution in [2.24, 2.45) is 0 Å². The second-order valence-electron chi connectivity index (χ2n) is 7.92. The van der Waals surface area contributed by atoms with Crippen molar-refractivity contribution in [1.82, 2.24) is 4.90 Å². The van der Waals surface area contributed by atoms with Crippen molar-refractivity contribution in [2.45, 2.75) is 24.0 Å². The lowest BCUT2D eigenvalue weighted by atomic mass is 9.97. The molecular weight excluding hydrogens is 453 g/mol. The van der Waals surface area contributed by atoms with Gasteiger partial charge in [-0.1, -0.05) is 18.2 Å². The number of hydrogen-bond donors (Lipinski definition) is 1. The van der Waals surface area contributed by atoms with Crippen molar-refractivity contribution in [3.05, 3.63) is 89.0 Å². The number of sulfone groups is 1. The first kappa shape index (κ1) is 22.8. The van der Waals surface area contributed by atoms with Crippen LogP contribution in [0.15, 0.2) is 71.6 Å². The predicted molar refractivity (Wildman–Crippen MR) is 119 cm³/mol. The second kappa shape index (κ2) is 8.55. The van der Waals surface area contributed by atoms with E-state index in [0.717, 1.165) is 35.2 Å². The first-order chi connectivity index (χ1) is 15.5. The third-order valence-corrected chi connectivity index (χ3v) is 6.66. The summed E-state index contributed by atoms with van der Waals surface area (Å²) in [6.07, 6.45) is -2.74. The normalized spacial score (nSPS) is 14.0. The van der Waals surface area contributed by atoms with Gasteiger partial charge in [-0.15, -0.1) is 0 Å². The quantitative estimate of drug-likeness (QED) is 0.575. The first-order valence-electron chi connectivity index (χ1n) is 10.2. The highest BCUT2D eigenvalue weighted by molar-refractivity contribution is 7.90. The Morgan fingerprint density at radius 2 is 1.70 bits per heavy atom. The second-order valence-corrected chi connectivity index (χ2v) is 9.94. The average molecular weight is 475 g/mol. The minimum absolute atomic E-state index is 0.0915. The molecule has 0 radical (unpaired) electrons. The molecule has 4 rings (SSSR count). The first-order valence-corrected chi connectivity index (χ1v) is 12.1. The van der Waals surface area contributed by atoms with Crippen molar-refractivity contribution in [1.29, 1.82) is 0 Å². The maximum absolute atomic E-state index is 13.0. The highest BCUT2D eigenvalue weighted by atomic mass is 32.2. The van der Waals surface area contributed by atoms with Crippen LogP contribution in [0.4, 0.5) is 24.5 Å². The van der Waals surface area contributed by atoms with Crippen LogP contribution in [0, 0.1) is 0 Å². The SMILES string of the molecule is CS(=O)(=O)c1cccc(C(=O)N2CCc3c(cccc3Nc3ccc(C(F)(F)F)cc3)C2)c1. The van der Waals surface area contributed by atoms with E-state index in [-0.39, 0.29) is 10.8 Å². The summed E-state index contributed by atoms with van der Waals surface area (Å²) in [6.45, 7) is 0.778. The fourth-order valence-electron chi connectivity index (χ4n) is 3.84. The Hall–Kier alpha value is -3.33. The molecule has 3 aromatic carbocycles. The van der Waals surface area contributed by atoms with Gasteiger partial charge in [0, 0.05) is 36.3 Å². The summed E-state index contributed by atoms with van der Waals surface area (Å²) in [4.78, 5) is 14.8. The largest absolute Gasteiger partial charge is 0.416 e. The lowest BCUT2D eigenvalue weighted by Crippen LogP contribution is -2.36. The Balaban J connectivity index is 1.53. The van der Waals surface area contributed by atoms with Crippen LogP contribution in [0.25, 0.3) is 0 Å². The summed E-state index contributed by atoms with van der Waals surface area (Å²) in [6, 6.07) is 16.4. The predicted octanol–water partition coefficient (Wildman–Crippen LogP) is 5.05. The van der Waals surface area contributed by atoms with Crippen molar-refractivity contribution >= 4 is 27.1 Å². The number of halogens is 3. The van der Waals surface area contributed by atoms with Gasteiger partial charge in [0.15, 0.2) is 9.84 Å². The molecule has 0 fully saturated rings. The van der Waals surface area contributed by atoms with E-state index in [4.69, 9.17) is 0 Å². The summed E-state index contributed by atoms with van der Waals surface area (Å²) < 4.78 is 62.0. The zero-order valence-electron chi connectivity index (χ0n) is 17.7. The zero-order chi connectivity index (χ0) is 23.8. The topological polar surface area (TPSA) is 66.5 Å². The molecule has 9 heteroatoms. The van der Waals surface area contributed by atoms with Crippen LogP contribution in [0.1, 0.15) is 27.0 Å². The molecule has 33 heavy (non-hydrogen) atoms. The zero-order valence-corrected chi connectivity index (χ0v) is 18.5. The van der Waals surface area contributed by atoms with Crippen molar-refractivity contribution in [3.63, 3.8) is 0 Å². The van der Waals surface area contributed by atoms with Gasteiger partial charge < -0.3 is 10.2 Å². The number of hydrogen-bond acceptors (Lipinski definition) is 4. The highest BCUT2D eigenvalue weighted by Crippen LogP contribution is 2.32.